The molecule has 1 aliphatic rings. The maximum atomic E-state index is 7.83. The van der Waals surface area contributed by atoms with Gasteiger partial charge in [-0.3, -0.25) is 0 Å². The lowest BCUT2D eigenvalue weighted by molar-refractivity contribution is 0.444. The number of aromatic nitrogens is 2. The topological polar surface area (TPSA) is 55.0 Å². The number of rotatable bonds is 1. The van der Waals surface area contributed by atoms with Crippen molar-refractivity contribution in [1.29, 1.82) is 0 Å². The average Bonchev–Trinajstić information content (AvgIpc) is 2.26. The lowest BCUT2D eigenvalue weighted by Crippen LogP contribution is -2.34. The molecule has 0 aliphatic carbocycles. The molecule has 4 heteroatoms. The Morgan fingerprint density at radius 3 is 3.21 bits per heavy atom. The minimum atomic E-state index is -0.0248. The Kier molecular flexibility index (Phi) is 1.92. The van der Waals surface area contributed by atoms with E-state index >= 15 is 0 Å². The summed E-state index contributed by atoms with van der Waals surface area (Å²) in [6, 6.07) is 0.0600. The molecule has 0 spiro atoms. The standard InChI is InChI=1S/C10H16N4/c1-8-3-2-6-14(7-8)10-5-4-9(11)12-13-10/h4-5,8H,2-3,6-7H2,1H3,(H2,11,12)/i4D,5D. The van der Waals surface area contributed by atoms with E-state index in [9.17, 15) is 0 Å². The molecule has 4 nitrogen and oxygen atoms in total. The summed E-state index contributed by atoms with van der Waals surface area (Å²) >= 11 is 0. The van der Waals surface area contributed by atoms with E-state index in [2.05, 4.69) is 17.1 Å². The van der Waals surface area contributed by atoms with Crippen molar-refractivity contribution in [2.24, 2.45) is 5.92 Å². The van der Waals surface area contributed by atoms with Gasteiger partial charge in [0.05, 0.1) is 2.74 Å². The first-order valence-corrected chi connectivity index (χ1v) is 4.94. The highest BCUT2D eigenvalue weighted by atomic mass is 15.3. The van der Waals surface area contributed by atoms with Crippen molar-refractivity contribution < 1.29 is 2.74 Å². The molecule has 0 bridgehead atoms. The number of hydrogen-bond donors (Lipinski definition) is 1. The maximum absolute atomic E-state index is 7.83. The van der Waals surface area contributed by atoms with Crippen molar-refractivity contribution in [3.8, 4) is 0 Å². The van der Waals surface area contributed by atoms with Crippen LogP contribution in [0.2, 0.25) is 0 Å². The fourth-order valence-electron chi connectivity index (χ4n) is 1.80. The molecule has 0 radical (unpaired) electrons. The van der Waals surface area contributed by atoms with Crippen LogP contribution in [-0.4, -0.2) is 23.3 Å². The molecule has 0 aromatic carbocycles. The minimum absolute atomic E-state index is 0.0248. The Morgan fingerprint density at radius 1 is 1.57 bits per heavy atom. The molecule has 2 heterocycles. The van der Waals surface area contributed by atoms with Gasteiger partial charge in [0.2, 0.25) is 0 Å². The zero-order valence-electron chi connectivity index (χ0n) is 10.3. The summed E-state index contributed by atoms with van der Waals surface area (Å²) in [5.41, 5.74) is 5.45. The summed E-state index contributed by atoms with van der Waals surface area (Å²) in [6.45, 7) is 3.94. The molecule has 14 heavy (non-hydrogen) atoms. The van der Waals surface area contributed by atoms with Crippen molar-refractivity contribution in [2.45, 2.75) is 19.8 Å². The van der Waals surface area contributed by atoms with Gasteiger partial charge in [0.25, 0.3) is 0 Å². The molecule has 1 aromatic heterocycles. The van der Waals surface area contributed by atoms with E-state index in [0.29, 0.717) is 11.7 Å². The van der Waals surface area contributed by atoms with Crippen LogP contribution in [0.4, 0.5) is 11.6 Å². The smallest absolute Gasteiger partial charge is 0.151 e. The summed E-state index contributed by atoms with van der Waals surface area (Å²) in [7, 11) is 0. The van der Waals surface area contributed by atoms with E-state index in [1.165, 1.54) is 6.42 Å². The molecule has 1 saturated heterocycles. The first-order chi connectivity index (χ1) is 7.59. The minimum Gasteiger partial charge on any atom is -0.382 e. The van der Waals surface area contributed by atoms with Gasteiger partial charge in [0.15, 0.2) is 5.82 Å². The molecule has 1 atom stereocenters. The van der Waals surface area contributed by atoms with Crippen molar-refractivity contribution >= 4 is 11.6 Å². The number of anilines is 2. The van der Waals surface area contributed by atoms with Crippen LogP contribution in [-0.2, 0) is 0 Å². The lowest BCUT2D eigenvalue weighted by Gasteiger charge is -2.31. The highest BCUT2D eigenvalue weighted by Crippen LogP contribution is 2.20. The first kappa shape index (κ1) is 7.04. The second kappa shape index (κ2) is 3.82. The summed E-state index contributed by atoms with van der Waals surface area (Å²) in [6.07, 6.45) is 2.31. The summed E-state index contributed by atoms with van der Waals surface area (Å²) in [5.74, 6) is 1.12. The van der Waals surface area contributed by atoms with Gasteiger partial charge in [0, 0.05) is 13.1 Å². The number of hydrogen-bond acceptors (Lipinski definition) is 4. The zero-order valence-corrected chi connectivity index (χ0v) is 8.32. The van der Waals surface area contributed by atoms with E-state index < -0.39 is 0 Å². The first-order valence-electron chi connectivity index (χ1n) is 5.94. The van der Waals surface area contributed by atoms with E-state index in [1.54, 1.807) is 0 Å². The van der Waals surface area contributed by atoms with Crippen LogP contribution in [0.25, 0.3) is 0 Å². The molecular formula is C10H16N4. The Labute approximate surface area is 86.9 Å². The number of nitrogen functional groups attached to an aromatic ring is 1. The normalized spacial score (nSPS) is 24.4. The Morgan fingerprint density at radius 2 is 2.43 bits per heavy atom. The molecule has 76 valence electrons. The van der Waals surface area contributed by atoms with Gasteiger partial charge in [-0.1, -0.05) is 6.92 Å². The molecule has 1 unspecified atom stereocenters. The molecule has 1 fully saturated rings. The van der Waals surface area contributed by atoms with Gasteiger partial charge in [-0.15, -0.1) is 10.2 Å². The van der Waals surface area contributed by atoms with Crippen LogP contribution in [0, 0.1) is 5.92 Å². The highest BCUT2D eigenvalue weighted by Gasteiger charge is 2.17. The van der Waals surface area contributed by atoms with Crippen LogP contribution >= 0.6 is 0 Å². The molecule has 1 aliphatic heterocycles. The number of piperidine rings is 1. The molecule has 2 rings (SSSR count). The van der Waals surface area contributed by atoms with E-state index in [4.69, 9.17) is 8.48 Å². The van der Waals surface area contributed by atoms with Crippen molar-refractivity contribution in [3.63, 3.8) is 0 Å². The van der Waals surface area contributed by atoms with Crippen LogP contribution in [0.5, 0.6) is 0 Å². The van der Waals surface area contributed by atoms with Gasteiger partial charge in [-0.25, -0.2) is 0 Å². The SMILES string of the molecule is [2H]c1c(N)nnc(N2CCCC(C)C2)c1[2H]. The molecule has 0 amide bonds. The van der Waals surface area contributed by atoms with Gasteiger partial charge < -0.3 is 10.6 Å². The van der Waals surface area contributed by atoms with Gasteiger partial charge in [-0.05, 0) is 30.8 Å². The van der Waals surface area contributed by atoms with Gasteiger partial charge in [0.1, 0.15) is 5.82 Å². The maximum Gasteiger partial charge on any atom is 0.151 e. The third-order valence-electron chi connectivity index (χ3n) is 2.51. The van der Waals surface area contributed by atoms with Crippen LogP contribution in [0.15, 0.2) is 12.1 Å². The van der Waals surface area contributed by atoms with Crippen molar-refractivity contribution in [3.05, 3.63) is 12.1 Å². The fourth-order valence-corrected chi connectivity index (χ4v) is 1.80. The monoisotopic (exact) mass is 194 g/mol. The van der Waals surface area contributed by atoms with E-state index in [0.717, 1.165) is 19.5 Å². The van der Waals surface area contributed by atoms with E-state index in [-0.39, 0.29) is 17.9 Å². The molecule has 1 aromatic rings. The largest absolute Gasteiger partial charge is 0.382 e. The summed E-state index contributed by atoms with van der Waals surface area (Å²) in [4.78, 5) is 2.03. The Bertz CT molecular complexity index is 397. The summed E-state index contributed by atoms with van der Waals surface area (Å²) < 4.78 is 15.4. The Balaban J connectivity index is 2.29. The van der Waals surface area contributed by atoms with E-state index in [1.807, 2.05) is 4.90 Å². The predicted octanol–water partition coefficient (Wildman–Crippen LogP) is 1.30. The van der Waals surface area contributed by atoms with Crippen LogP contribution in [0.3, 0.4) is 0 Å². The zero-order chi connectivity index (χ0) is 11.7. The number of nitrogens with two attached hydrogens (primary N) is 1. The van der Waals surface area contributed by atoms with Gasteiger partial charge >= 0.3 is 0 Å². The van der Waals surface area contributed by atoms with Crippen molar-refractivity contribution in [1.82, 2.24) is 10.2 Å². The average molecular weight is 194 g/mol. The molecular weight excluding hydrogens is 176 g/mol. The van der Waals surface area contributed by atoms with Crippen LogP contribution < -0.4 is 10.6 Å². The molecule has 0 saturated carbocycles. The van der Waals surface area contributed by atoms with Gasteiger partial charge in [-0.2, -0.15) is 0 Å². The van der Waals surface area contributed by atoms with Crippen LogP contribution in [0.1, 0.15) is 22.5 Å². The quantitative estimate of drug-likeness (QED) is 0.732. The van der Waals surface area contributed by atoms with Crippen molar-refractivity contribution in [2.75, 3.05) is 23.7 Å². The predicted molar refractivity (Wildman–Crippen MR) is 57.1 cm³/mol. The Hall–Kier alpha value is -1.32. The fraction of sp³-hybridized carbons (Fsp3) is 0.600. The third-order valence-corrected chi connectivity index (χ3v) is 2.51. The third kappa shape index (κ3) is 1.95. The number of nitrogens with zero attached hydrogens (tertiary/aromatic N) is 3. The summed E-state index contributed by atoms with van der Waals surface area (Å²) in [5, 5.41) is 7.66. The highest BCUT2D eigenvalue weighted by molar-refractivity contribution is 5.41. The molecule has 2 N–H and O–H groups in total. The second-order valence-electron chi connectivity index (χ2n) is 3.85. The second-order valence-corrected chi connectivity index (χ2v) is 3.85. The lowest BCUT2D eigenvalue weighted by atomic mass is 10.0.